The number of sulfonamides is 1. The Kier molecular flexibility index (Phi) is 4.17. The summed E-state index contributed by atoms with van der Waals surface area (Å²) in [5.74, 6) is 0. The molecule has 21 heavy (non-hydrogen) atoms. The van der Waals surface area contributed by atoms with E-state index in [-0.39, 0.29) is 16.3 Å². The van der Waals surface area contributed by atoms with E-state index in [1.807, 2.05) is 0 Å². The van der Waals surface area contributed by atoms with Gasteiger partial charge in [0.15, 0.2) is 0 Å². The van der Waals surface area contributed by atoms with Crippen molar-refractivity contribution in [1.82, 2.24) is 4.72 Å². The van der Waals surface area contributed by atoms with E-state index in [1.54, 1.807) is 6.92 Å². The van der Waals surface area contributed by atoms with Gasteiger partial charge in [-0.05, 0) is 25.8 Å². The maximum absolute atomic E-state index is 12.4. The highest BCUT2D eigenvalue weighted by molar-refractivity contribution is 7.89. The molecule has 0 aliphatic carbocycles. The summed E-state index contributed by atoms with van der Waals surface area (Å²) in [5.41, 5.74) is 4.65. The molecular formula is C12H17N3O5S. The zero-order valence-corrected chi connectivity index (χ0v) is 12.4. The van der Waals surface area contributed by atoms with E-state index >= 15 is 0 Å². The lowest BCUT2D eigenvalue weighted by Crippen LogP contribution is -2.49. The van der Waals surface area contributed by atoms with Gasteiger partial charge in [-0.1, -0.05) is 0 Å². The highest BCUT2D eigenvalue weighted by Gasteiger charge is 2.33. The summed E-state index contributed by atoms with van der Waals surface area (Å²) >= 11 is 0. The van der Waals surface area contributed by atoms with E-state index in [0.29, 0.717) is 26.1 Å². The Balaban J connectivity index is 2.29. The fourth-order valence-electron chi connectivity index (χ4n) is 2.20. The van der Waals surface area contributed by atoms with Crippen LogP contribution >= 0.6 is 0 Å². The summed E-state index contributed by atoms with van der Waals surface area (Å²) in [4.78, 5) is 9.88. The second-order valence-electron chi connectivity index (χ2n) is 5.26. The largest absolute Gasteiger partial charge is 0.397 e. The number of ether oxygens (including phenoxy) is 1. The summed E-state index contributed by atoms with van der Waals surface area (Å²) in [6.45, 7) is 2.76. The SMILES string of the molecule is CC1(NS(=O)(=O)c2ccc([N+](=O)[O-])cc2N)CCOCC1. The van der Waals surface area contributed by atoms with Gasteiger partial charge >= 0.3 is 0 Å². The van der Waals surface area contributed by atoms with Crippen LogP contribution < -0.4 is 10.5 Å². The Morgan fingerprint density at radius 3 is 2.52 bits per heavy atom. The van der Waals surface area contributed by atoms with Gasteiger partial charge in [-0.2, -0.15) is 0 Å². The van der Waals surface area contributed by atoms with Crippen molar-refractivity contribution in [3.63, 3.8) is 0 Å². The van der Waals surface area contributed by atoms with Gasteiger partial charge in [-0.15, -0.1) is 0 Å². The predicted octanol–water partition coefficient (Wildman–Crippen LogP) is 1.02. The van der Waals surface area contributed by atoms with Crippen LogP contribution in [0.3, 0.4) is 0 Å². The molecule has 0 radical (unpaired) electrons. The fraction of sp³-hybridized carbons (Fsp3) is 0.500. The molecule has 1 heterocycles. The molecule has 9 heteroatoms. The fourth-order valence-corrected chi connectivity index (χ4v) is 3.78. The van der Waals surface area contributed by atoms with Crippen molar-refractivity contribution in [2.24, 2.45) is 0 Å². The van der Waals surface area contributed by atoms with Crippen molar-refractivity contribution in [2.45, 2.75) is 30.2 Å². The Hall–Kier alpha value is -1.71. The van der Waals surface area contributed by atoms with Gasteiger partial charge in [0, 0.05) is 30.9 Å². The molecule has 1 aliphatic rings. The van der Waals surface area contributed by atoms with Gasteiger partial charge in [0.1, 0.15) is 4.90 Å². The highest BCUT2D eigenvalue weighted by atomic mass is 32.2. The topological polar surface area (TPSA) is 125 Å². The first-order valence-electron chi connectivity index (χ1n) is 6.39. The van der Waals surface area contributed by atoms with Crippen LogP contribution in [-0.2, 0) is 14.8 Å². The van der Waals surface area contributed by atoms with Crippen molar-refractivity contribution >= 4 is 21.4 Å². The van der Waals surface area contributed by atoms with Crippen LogP contribution in [0.15, 0.2) is 23.1 Å². The zero-order chi connectivity index (χ0) is 15.7. The minimum atomic E-state index is -3.84. The molecule has 0 atom stereocenters. The van der Waals surface area contributed by atoms with Gasteiger partial charge < -0.3 is 10.5 Å². The number of nitrogens with zero attached hydrogens (tertiary/aromatic N) is 1. The smallest absolute Gasteiger partial charge is 0.271 e. The van der Waals surface area contributed by atoms with Crippen LogP contribution in [0.5, 0.6) is 0 Å². The van der Waals surface area contributed by atoms with Crippen LogP contribution in [0.1, 0.15) is 19.8 Å². The van der Waals surface area contributed by atoms with Crippen LogP contribution in [0.25, 0.3) is 0 Å². The van der Waals surface area contributed by atoms with E-state index in [4.69, 9.17) is 10.5 Å². The van der Waals surface area contributed by atoms with E-state index in [1.165, 1.54) is 0 Å². The summed E-state index contributed by atoms with van der Waals surface area (Å²) in [6, 6.07) is 3.32. The molecule has 0 aromatic heterocycles. The van der Waals surface area contributed by atoms with Gasteiger partial charge in [-0.25, -0.2) is 13.1 Å². The maximum Gasteiger partial charge on any atom is 0.271 e. The molecule has 0 saturated carbocycles. The number of non-ortho nitro benzene ring substituents is 1. The number of nitrogen functional groups attached to an aromatic ring is 1. The average Bonchev–Trinajstić information content (AvgIpc) is 2.37. The minimum absolute atomic E-state index is 0.146. The lowest BCUT2D eigenvalue weighted by molar-refractivity contribution is -0.384. The van der Waals surface area contributed by atoms with Crippen molar-refractivity contribution in [1.29, 1.82) is 0 Å². The number of hydrogen-bond donors (Lipinski definition) is 2. The number of nitrogens with one attached hydrogen (secondary N) is 1. The number of hydrogen-bond acceptors (Lipinski definition) is 6. The van der Waals surface area contributed by atoms with E-state index in [0.717, 1.165) is 18.2 Å². The zero-order valence-electron chi connectivity index (χ0n) is 11.5. The van der Waals surface area contributed by atoms with E-state index < -0.39 is 20.5 Å². The molecule has 0 spiro atoms. The average molecular weight is 315 g/mol. The molecule has 3 N–H and O–H groups in total. The number of rotatable bonds is 4. The minimum Gasteiger partial charge on any atom is -0.397 e. The molecule has 1 aromatic carbocycles. The van der Waals surface area contributed by atoms with Gasteiger partial charge in [-0.3, -0.25) is 10.1 Å². The predicted molar refractivity (Wildman–Crippen MR) is 76.3 cm³/mol. The number of anilines is 1. The molecule has 1 fully saturated rings. The van der Waals surface area contributed by atoms with Crippen LogP contribution in [0, 0.1) is 10.1 Å². The van der Waals surface area contributed by atoms with Crippen molar-refractivity contribution in [3.8, 4) is 0 Å². The molecule has 2 rings (SSSR count). The van der Waals surface area contributed by atoms with Crippen LogP contribution in [0.2, 0.25) is 0 Å². The number of nitrogens with two attached hydrogens (primary N) is 1. The maximum atomic E-state index is 12.4. The molecule has 8 nitrogen and oxygen atoms in total. The van der Waals surface area contributed by atoms with Crippen LogP contribution in [-0.4, -0.2) is 32.1 Å². The van der Waals surface area contributed by atoms with Crippen molar-refractivity contribution < 1.29 is 18.1 Å². The molecule has 1 saturated heterocycles. The summed E-state index contributed by atoms with van der Waals surface area (Å²) < 4.78 is 32.6. The first-order valence-corrected chi connectivity index (χ1v) is 7.87. The second kappa shape index (κ2) is 5.58. The molecule has 0 unspecified atom stereocenters. The quantitative estimate of drug-likeness (QED) is 0.485. The number of nitro groups is 1. The first-order chi connectivity index (χ1) is 9.73. The van der Waals surface area contributed by atoms with Gasteiger partial charge in [0.2, 0.25) is 10.0 Å². The van der Waals surface area contributed by atoms with E-state index in [2.05, 4.69) is 4.72 Å². The highest BCUT2D eigenvalue weighted by Crippen LogP contribution is 2.27. The first kappa shape index (κ1) is 15.7. The molecule has 1 aromatic rings. The van der Waals surface area contributed by atoms with Gasteiger partial charge in [0.25, 0.3) is 5.69 Å². The summed E-state index contributed by atoms with van der Waals surface area (Å²) in [7, 11) is -3.84. The standard InChI is InChI=1S/C12H17N3O5S/c1-12(4-6-20-7-5-12)14-21(18,19)11-3-2-9(15(16)17)8-10(11)13/h2-3,8,14H,4-7,13H2,1H3. The lowest BCUT2D eigenvalue weighted by atomic mass is 9.94. The third kappa shape index (κ3) is 3.49. The third-order valence-electron chi connectivity index (χ3n) is 3.47. The monoisotopic (exact) mass is 315 g/mol. The molecular weight excluding hydrogens is 298 g/mol. The number of nitro benzene ring substituents is 1. The Morgan fingerprint density at radius 1 is 1.38 bits per heavy atom. The second-order valence-corrected chi connectivity index (χ2v) is 6.91. The van der Waals surface area contributed by atoms with Crippen molar-refractivity contribution in [3.05, 3.63) is 28.3 Å². The Morgan fingerprint density at radius 2 is 2.00 bits per heavy atom. The molecule has 0 amide bonds. The molecule has 116 valence electrons. The van der Waals surface area contributed by atoms with Crippen LogP contribution in [0.4, 0.5) is 11.4 Å². The number of benzene rings is 1. The Labute approximate surface area is 122 Å². The normalized spacial score (nSPS) is 18.3. The molecule has 0 bridgehead atoms. The lowest BCUT2D eigenvalue weighted by Gasteiger charge is -2.34. The van der Waals surface area contributed by atoms with E-state index in [9.17, 15) is 18.5 Å². The summed E-state index contributed by atoms with van der Waals surface area (Å²) in [6.07, 6.45) is 1.11. The molecule has 1 aliphatic heterocycles. The third-order valence-corrected chi connectivity index (χ3v) is 5.18. The summed E-state index contributed by atoms with van der Waals surface area (Å²) in [5, 5.41) is 10.7. The van der Waals surface area contributed by atoms with Crippen molar-refractivity contribution in [2.75, 3.05) is 18.9 Å². The van der Waals surface area contributed by atoms with Gasteiger partial charge in [0.05, 0.1) is 10.6 Å². The Bertz CT molecular complexity index is 653.